The van der Waals surface area contributed by atoms with Gasteiger partial charge >= 0.3 is 0 Å². The summed E-state index contributed by atoms with van der Waals surface area (Å²) in [4.78, 5) is 18.1. The molecule has 8 heteroatoms. The van der Waals surface area contributed by atoms with E-state index in [-0.39, 0.29) is 5.91 Å². The summed E-state index contributed by atoms with van der Waals surface area (Å²) in [7, 11) is 0. The summed E-state index contributed by atoms with van der Waals surface area (Å²) in [5.41, 5.74) is 0.987. The number of tetrazole rings is 1. The van der Waals surface area contributed by atoms with Gasteiger partial charge in [-0.05, 0) is 23.8 Å². The van der Waals surface area contributed by atoms with Gasteiger partial charge < -0.3 is 5.32 Å². The number of carbonyl (C=O) groups excluding carboxylic acids is 1. The number of amides is 1. The molecule has 3 heterocycles. The third kappa shape index (κ3) is 3.48. The summed E-state index contributed by atoms with van der Waals surface area (Å²) < 4.78 is 0. The smallest absolute Gasteiger partial charge is 0.239 e. The molecule has 0 saturated heterocycles. The third-order valence-electron chi connectivity index (χ3n) is 3.16. The quantitative estimate of drug-likeness (QED) is 0.839. The molecule has 0 atom stereocenters. The maximum absolute atomic E-state index is 12.0. The largest absolute Gasteiger partial charge is 0.310 e. The molecule has 0 aliphatic carbocycles. The lowest BCUT2D eigenvalue weighted by molar-refractivity contribution is -0.117. The molecule has 2 aromatic rings. The van der Waals surface area contributed by atoms with E-state index in [9.17, 15) is 4.79 Å². The summed E-state index contributed by atoms with van der Waals surface area (Å²) in [6.45, 7) is 1.78. The summed E-state index contributed by atoms with van der Waals surface area (Å²) >= 11 is 0. The van der Waals surface area contributed by atoms with Gasteiger partial charge in [0.1, 0.15) is 5.82 Å². The van der Waals surface area contributed by atoms with Crippen LogP contribution in [0.5, 0.6) is 0 Å². The lowest BCUT2D eigenvalue weighted by Gasteiger charge is -2.25. The van der Waals surface area contributed by atoms with E-state index in [1.165, 1.54) is 0 Å². The van der Waals surface area contributed by atoms with Crippen LogP contribution in [0.4, 0.5) is 5.82 Å². The molecule has 21 heavy (non-hydrogen) atoms. The minimum absolute atomic E-state index is 0.0805. The molecule has 0 spiro atoms. The Morgan fingerprint density at radius 3 is 3.14 bits per heavy atom. The van der Waals surface area contributed by atoms with E-state index >= 15 is 0 Å². The average Bonchev–Trinajstić information content (AvgIpc) is 3.02. The van der Waals surface area contributed by atoms with Crippen molar-refractivity contribution in [3.05, 3.63) is 36.3 Å². The summed E-state index contributed by atoms with van der Waals surface area (Å²) in [6, 6.07) is 5.40. The van der Waals surface area contributed by atoms with E-state index in [4.69, 9.17) is 0 Å². The molecule has 0 unspecified atom stereocenters. The molecular weight excluding hydrogens is 270 g/mol. The van der Waals surface area contributed by atoms with Crippen molar-refractivity contribution in [2.75, 3.05) is 25.0 Å². The Kier molecular flexibility index (Phi) is 3.97. The van der Waals surface area contributed by atoms with Crippen molar-refractivity contribution in [3.63, 3.8) is 0 Å². The molecule has 1 amide bonds. The Hall–Kier alpha value is -2.61. The van der Waals surface area contributed by atoms with Crippen LogP contribution in [-0.2, 0) is 4.79 Å². The van der Waals surface area contributed by atoms with Crippen LogP contribution in [0.2, 0.25) is 0 Å². The lowest BCUT2D eigenvalue weighted by Crippen LogP contribution is -2.37. The van der Waals surface area contributed by atoms with E-state index in [1.54, 1.807) is 12.3 Å². The highest BCUT2D eigenvalue weighted by Gasteiger charge is 2.19. The number of nitrogens with one attached hydrogen (secondary N) is 2. The second-order valence-electron chi connectivity index (χ2n) is 4.73. The lowest BCUT2D eigenvalue weighted by atomic mass is 10.1. The highest BCUT2D eigenvalue weighted by molar-refractivity contribution is 5.91. The van der Waals surface area contributed by atoms with Gasteiger partial charge in [0.15, 0.2) is 0 Å². The number of nitrogens with zero attached hydrogens (tertiary/aromatic N) is 5. The minimum atomic E-state index is -0.0805. The van der Waals surface area contributed by atoms with Gasteiger partial charge in [0, 0.05) is 24.9 Å². The van der Waals surface area contributed by atoms with E-state index in [0.717, 1.165) is 18.5 Å². The zero-order chi connectivity index (χ0) is 14.5. The van der Waals surface area contributed by atoms with E-state index in [1.807, 2.05) is 17.0 Å². The summed E-state index contributed by atoms with van der Waals surface area (Å²) in [5, 5.41) is 16.7. The van der Waals surface area contributed by atoms with Gasteiger partial charge in [-0.15, -0.1) is 10.2 Å². The number of hydrogen-bond donors (Lipinski definition) is 2. The predicted molar refractivity (Wildman–Crippen MR) is 76.1 cm³/mol. The SMILES string of the molecule is O=C(CN1CCC=C(c2nn[nH]n2)C1)Nc1ccccn1. The molecule has 108 valence electrons. The molecule has 0 aromatic carbocycles. The Labute approximate surface area is 121 Å². The van der Waals surface area contributed by atoms with E-state index < -0.39 is 0 Å². The first kappa shape index (κ1) is 13.4. The highest BCUT2D eigenvalue weighted by atomic mass is 16.2. The molecule has 0 fully saturated rings. The van der Waals surface area contributed by atoms with Crippen LogP contribution in [0.1, 0.15) is 12.2 Å². The van der Waals surface area contributed by atoms with Crippen LogP contribution in [0.25, 0.3) is 5.57 Å². The normalized spacial score (nSPS) is 15.5. The highest BCUT2D eigenvalue weighted by Crippen LogP contribution is 2.16. The van der Waals surface area contributed by atoms with Crippen molar-refractivity contribution < 1.29 is 4.79 Å². The monoisotopic (exact) mass is 285 g/mol. The minimum Gasteiger partial charge on any atom is -0.310 e. The molecule has 8 nitrogen and oxygen atoms in total. The maximum Gasteiger partial charge on any atom is 0.239 e. The number of rotatable bonds is 4. The number of H-pyrrole nitrogens is 1. The van der Waals surface area contributed by atoms with Gasteiger partial charge in [0.25, 0.3) is 0 Å². The first-order valence-corrected chi connectivity index (χ1v) is 6.67. The average molecular weight is 285 g/mol. The first-order chi connectivity index (χ1) is 10.3. The van der Waals surface area contributed by atoms with Crippen molar-refractivity contribution in [2.24, 2.45) is 0 Å². The van der Waals surface area contributed by atoms with Crippen molar-refractivity contribution in [1.82, 2.24) is 30.5 Å². The van der Waals surface area contributed by atoms with Crippen LogP contribution in [0, 0.1) is 0 Å². The molecule has 2 aromatic heterocycles. The van der Waals surface area contributed by atoms with Crippen LogP contribution < -0.4 is 5.32 Å². The Morgan fingerprint density at radius 2 is 2.38 bits per heavy atom. The van der Waals surface area contributed by atoms with E-state index in [2.05, 4.69) is 37.0 Å². The molecular formula is C13H15N7O. The summed E-state index contributed by atoms with van der Waals surface area (Å²) in [5.74, 6) is 1.07. The number of pyridine rings is 1. The number of aromatic amines is 1. The molecule has 1 aliphatic heterocycles. The van der Waals surface area contributed by atoms with Crippen LogP contribution in [-0.4, -0.2) is 56.0 Å². The van der Waals surface area contributed by atoms with E-state index in [0.29, 0.717) is 24.7 Å². The molecule has 1 aliphatic rings. The van der Waals surface area contributed by atoms with Crippen molar-refractivity contribution in [1.29, 1.82) is 0 Å². The first-order valence-electron chi connectivity index (χ1n) is 6.67. The molecule has 0 bridgehead atoms. The molecule has 2 N–H and O–H groups in total. The maximum atomic E-state index is 12.0. The number of anilines is 1. The fourth-order valence-corrected chi connectivity index (χ4v) is 2.22. The number of hydrogen-bond acceptors (Lipinski definition) is 6. The van der Waals surface area contributed by atoms with Gasteiger partial charge in [-0.25, -0.2) is 4.98 Å². The fraction of sp³-hybridized carbons (Fsp3) is 0.308. The van der Waals surface area contributed by atoms with Crippen molar-refractivity contribution in [3.8, 4) is 0 Å². The standard InChI is InChI=1S/C13H15N7O/c21-12(15-11-5-1-2-6-14-11)9-20-7-3-4-10(8-20)13-16-18-19-17-13/h1-2,4-6H,3,7-9H2,(H,14,15,21)(H,16,17,18,19). The molecule has 0 saturated carbocycles. The Balaban J connectivity index is 1.56. The van der Waals surface area contributed by atoms with Crippen molar-refractivity contribution >= 4 is 17.3 Å². The molecule has 0 radical (unpaired) electrons. The predicted octanol–water partition coefficient (Wildman–Crippen LogP) is 0.322. The number of aromatic nitrogens is 5. The van der Waals surface area contributed by atoms with Crippen molar-refractivity contribution in [2.45, 2.75) is 6.42 Å². The third-order valence-corrected chi connectivity index (χ3v) is 3.16. The zero-order valence-corrected chi connectivity index (χ0v) is 11.4. The van der Waals surface area contributed by atoms with Crippen LogP contribution >= 0.6 is 0 Å². The van der Waals surface area contributed by atoms with Crippen LogP contribution in [0.3, 0.4) is 0 Å². The topological polar surface area (TPSA) is 99.7 Å². The molecule has 3 rings (SSSR count). The van der Waals surface area contributed by atoms with Gasteiger partial charge in [-0.1, -0.05) is 12.1 Å². The van der Waals surface area contributed by atoms with Gasteiger partial charge in [0.05, 0.1) is 6.54 Å². The second-order valence-corrected chi connectivity index (χ2v) is 4.73. The van der Waals surface area contributed by atoms with Gasteiger partial charge in [-0.3, -0.25) is 9.69 Å². The zero-order valence-electron chi connectivity index (χ0n) is 11.4. The van der Waals surface area contributed by atoms with Crippen LogP contribution in [0.15, 0.2) is 30.5 Å². The Morgan fingerprint density at radius 1 is 1.43 bits per heavy atom. The number of carbonyl (C=O) groups is 1. The second kappa shape index (κ2) is 6.23. The Bertz CT molecular complexity index is 623. The fourth-order valence-electron chi connectivity index (χ4n) is 2.22. The van der Waals surface area contributed by atoms with Gasteiger partial charge in [-0.2, -0.15) is 5.21 Å². The summed E-state index contributed by atoms with van der Waals surface area (Å²) in [6.07, 6.45) is 4.59. The van der Waals surface area contributed by atoms with Gasteiger partial charge in [0.2, 0.25) is 11.7 Å².